The minimum atomic E-state index is -0.383. The molecule has 0 saturated carbocycles. The number of benzene rings is 1. The molecule has 1 heterocycles. The first kappa shape index (κ1) is 25.2. The van der Waals surface area contributed by atoms with Crippen LogP contribution in [0.25, 0.3) is 10.9 Å². The summed E-state index contributed by atoms with van der Waals surface area (Å²) >= 11 is 0. The highest BCUT2D eigenvalue weighted by Gasteiger charge is 2.07. The quantitative estimate of drug-likeness (QED) is 0.190. The first-order chi connectivity index (χ1) is 15.2. The van der Waals surface area contributed by atoms with Gasteiger partial charge in [0.2, 0.25) is 0 Å². The molecule has 1 aromatic heterocycles. The van der Waals surface area contributed by atoms with Crippen molar-refractivity contribution in [3.63, 3.8) is 0 Å². The van der Waals surface area contributed by atoms with Gasteiger partial charge in [0, 0.05) is 0 Å². The summed E-state index contributed by atoms with van der Waals surface area (Å²) in [7, 11) is 0. The summed E-state index contributed by atoms with van der Waals surface area (Å²) < 4.78 is 10.7. The van der Waals surface area contributed by atoms with Crippen molar-refractivity contribution < 1.29 is 9.15 Å². The average Bonchev–Trinajstić information content (AvgIpc) is 2.76. The maximum Gasteiger partial charge on any atom is 0.397 e. The highest BCUT2D eigenvalue weighted by atomic mass is 16.6. The fourth-order valence-corrected chi connectivity index (χ4v) is 3.74. The molecule has 0 amide bonds. The Balaban J connectivity index is 1.43. The highest BCUT2D eigenvalue weighted by molar-refractivity contribution is 5.77. The molecule has 31 heavy (non-hydrogen) atoms. The Labute approximate surface area is 188 Å². The van der Waals surface area contributed by atoms with Gasteiger partial charge in [-0.2, -0.15) is 4.98 Å². The number of hydrogen-bond acceptors (Lipinski definition) is 4. The molecule has 4 heteroatoms. The Bertz CT molecular complexity index is 825. The van der Waals surface area contributed by atoms with E-state index in [1.54, 1.807) is 6.07 Å². The maximum atomic E-state index is 12.0. The molecular weight excluding hydrogens is 386 g/mol. The summed E-state index contributed by atoms with van der Waals surface area (Å²) in [4.78, 5) is 16.3. The number of rotatable bonds is 17. The number of unbranched alkanes of at least 4 members (excludes halogenated alkanes) is 12. The van der Waals surface area contributed by atoms with E-state index in [4.69, 9.17) is 9.15 Å². The first-order valence-electron chi connectivity index (χ1n) is 12.4. The van der Waals surface area contributed by atoms with Crippen molar-refractivity contribution in [1.29, 1.82) is 0 Å². The SMILES string of the molecule is CCCCCCC=CCCCCCCCCCCOc1nc2ccc(C)cc2c(=O)o1. The standard InChI is InChI=1S/C27H41NO3/c1-3-4-5-6-7-8-9-10-11-12-13-14-15-16-17-18-21-30-27-28-25-20-19-23(2)22-24(25)26(29)31-27/h8-9,19-20,22H,3-7,10-18,21H2,1-2H3. The van der Waals surface area contributed by atoms with E-state index in [0.717, 1.165) is 18.4 Å². The summed E-state index contributed by atoms with van der Waals surface area (Å²) in [5.74, 6) is 0. The molecule has 1 aromatic carbocycles. The normalized spacial score (nSPS) is 11.5. The van der Waals surface area contributed by atoms with Crippen LogP contribution < -0.4 is 10.4 Å². The van der Waals surface area contributed by atoms with Gasteiger partial charge in [-0.1, -0.05) is 88.5 Å². The second-order valence-electron chi connectivity index (χ2n) is 8.57. The van der Waals surface area contributed by atoms with E-state index in [-0.39, 0.29) is 11.7 Å². The van der Waals surface area contributed by atoms with Crippen molar-refractivity contribution in [3.8, 4) is 6.08 Å². The van der Waals surface area contributed by atoms with Crippen LogP contribution in [0.15, 0.2) is 39.6 Å². The molecule has 0 N–H and O–H groups in total. The number of fused-ring (bicyclic) bond motifs is 1. The van der Waals surface area contributed by atoms with Crippen LogP contribution in [-0.2, 0) is 0 Å². The largest absolute Gasteiger partial charge is 0.450 e. The van der Waals surface area contributed by atoms with E-state index in [9.17, 15) is 4.79 Å². The summed E-state index contributed by atoms with van der Waals surface area (Å²) in [6.07, 6.45) is 22.7. The molecule has 0 aliphatic rings. The van der Waals surface area contributed by atoms with Gasteiger partial charge in [0.25, 0.3) is 0 Å². The molecule has 0 radical (unpaired) electrons. The molecule has 0 unspecified atom stereocenters. The van der Waals surface area contributed by atoms with E-state index in [1.807, 2.05) is 19.1 Å². The molecular formula is C27H41NO3. The van der Waals surface area contributed by atoms with Gasteiger partial charge in [-0.3, -0.25) is 0 Å². The molecule has 0 bridgehead atoms. The zero-order chi connectivity index (χ0) is 22.2. The third-order valence-electron chi connectivity index (χ3n) is 5.65. The third kappa shape index (κ3) is 10.7. The molecule has 0 atom stereocenters. The lowest BCUT2D eigenvalue weighted by atomic mass is 10.1. The fourth-order valence-electron chi connectivity index (χ4n) is 3.74. The predicted octanol–water partition coefficient (Wildman–Crippen LogP) is 7.91. The van der Waals surface area contributed by atoms with Crippen LogP contribution in [0, 0.1) is 6.92 Å². The lowest BCUT2D eigenvalue weighted by Crippen LogP contribution is -2.06. The van der Waals surface area contributed by atoms with Crippen molar-refractivity contribution in [2.45, 2.75) is 104 Å². The molecule has 0 saturated heterocycles. The van der Waals surface area contributed by atoms with Crippen LogP contribution in [0.1, 0.15) is 102 Å². The summed E-state index contributed by atoms with van der Waals surface area (Å²) in [6.45, 7) is 4.74. The van der Waals surface area contributed by atoms with Gasteiger partial charge < -0.3 is 9.15 Å². The van der Waals surface area contributed by atoms with E-state index in [1.165, 1.54) is 77.0 Å². The Morgan fingerprint density at radius 2 is 1.48 bits per heavy atom. The number of aromatic nitrogens is 1. The van der Waals surface area contributed by atoms with Crippen LogP contribution in [0.5, 0.6) is 6.08 Å². The van der Waals surface area contributed by atoms with Crippen LogP contribution in [-0.4, -0.2) is 11.6 Å². The van der Waals surface area contributed by atoms with Crippen LogP contribution >= 0.6 is 0 Å². The van der Waals surface area contributed by atoms with E-state index in [0.29, 0.717) is 17.5 Å². The van der Waals surface area contributed by atoms with Crippen molar-refractivity contribution in [3.05, 3.63) is 46.3 Å². The zero-order valence-electron chi connectivity index (χ0n) is 19.7. The molecule has 0 aliphatic heterocycles. The number of allylic oxidation sites excluding steroid dienone is 2. The minimum Gasteiger partial charge on any atom is -0.450 e. The first-order valence-corrected chi connectivity index (χ1v) is 12.4. The maximum absolute atomic E-state index is 12.0. The Morgan fingerprint density at radius 3 is 2.16 bits per heavy atom. The number of ether oxygens (including phenoxy) is 1. The third-order valence-corrected chi connectivity index (χ3v) is 5.65. The van der Waals surface area contributed by atoms with Crippen LogP contribution in [0.3, 0.4) is 0 Å². The minimum absolute atomic E-state index is 0.0800. The Hall–Kier alpha value is -2.10. The second kappa shape index (κ2) is 15.7. The monoisotopic (exact) mass is 427 g/mol. The van der Waals surface area contributed by atoms with E-state index in [2.05, 4.69) is 24.1 Å². The van der Waals surface area contributed by atoms with Gasteiger partial charge in [0.05, 0.1) is 17.5 Å². The number of nitrogens with zero attached hydrogens (tertiary/aromatic N) is 1. The Kier molecular flexibility index (Phi) is 12.7. The average molecular weight is 428 g/mol. The summed E-state index contributed by atoms with van der Waals surface area (Å²) in [5.41, 5.74) is 1.26. The lowest BCUT2D eigenvalue weighted by Gasteiger charge is -2.05. The van der Waals surface area contributed by atoms with Gasteiger partial charge in [-0.05, 0) is 51.2 Å². The summed E-state index contributed by atoms with van der Waals surface area (Å²) in [5, 5.41) is 0.505. The van der Waals surface area contributed by atoms with E-state index >= 15 is 0 Å². The topological polar surface area (TPSA) is 52.3 Å². The molecule has 0 aliphatic carbocycles. The smallest absolute Gasteiger partial charge is 0.397 e. The molecule has 172 valence electrons. The lowest BCUT2D eigenvalue weighted by molar-refractivity contribution is 0.211. The van der Waals surface area contributed by atoms with Gasteiger partial charge in [-0.25, -0.2) is 4.79 Å². The van der Waals surface area contributed by atoms with Gasteiger partial charge in [-0.15, -0.1) is 0 Å². The zero-order valence-corrected chi connectivity index (χ0v) is 19.7. The Morgan fingerprint density at radius 1 is 0.871 bits per heavy atom. The fraction of sp³-hybridized carbons (Fsp3) is 0.630. The molecule has 2 aromatic rings. The molecule has 0 fully saturated rings. The molecule has 0 spiro atoms. The van der Waals surface area contributed by atoms with Crippen molar-refractivity contribution in [2.75, 3.05) is 6.61 Å². The second-order valence-corrected chi connectivity index (χ2v) is 8.57. The van der Waals surface area contributed by atoms with Gasteiger partial charge in [0.1, 0.15) is 0 Å². The molecule has 4 nitrogen and oxygen atoms in total. The molecule has 2 rings (SSSR count). The number of hydrogen-bond donors (Lipinski definition) is 0. The van der Waals surface area contributed by atoms with Gasteiger partial charge >= 0.3 is 11.7 Å². The summed E-state index contributed by atoms with van der Waals surface area (Å²) in [6, 6.07) is 5.56. The van der Waals surface area contributed by atoms with Crippen LogP contribution in [0.4, 0.5) is 0 Å². The predicted molar refractivity (Wildman–Crippen MR) is 130 cm³/mol. The number of aryl methyl sites for hydroxylation is 1. The van der Waals surface area contributed by atoms with Crippen molar-refractivity contribution >= 4 is 10.9 Å². The van der Waals surface area contributed by atoms with Crippen molar-refractivity contribution in [2.24, 2.45) is 0 Å². The highest BCUT2D eigenvalue weighted by Crippen LogP contribution is 2.15. The van der Waals surface area contributed by atoms with Crippen molar-refractivity contribution in [1.82, 2.24) is 4.98 Å². The van der Waals surface area contributed by atoms with E-state index < -0.39 is 0 Å². The van der Waals surface area contributed by atoms with Gasteiger partial charge in [0.15, 0.2) is 0 Å². The van der Waals surface area contributed by atoms with Crippen LogP contribution in [0.2, 0.25) is 0 Å².